The SMILES string of the molecule is C[C@@H](NC(=O)c1c(N)ncc2cccnc12)c1cc2cccc(C#Cc3ccn(C)n3)c2c(=O)n1-c1ccccc1. The van der Waals surface area contributed by atoms with Crippen LogP contribution < -0.4 is 16.6 Å². The zero-order valence-electron chi connectivity index (χ0n) is 22.4. The van der Waals surface area contributed by atoms with Crippen LogP contribution in [0.1, 0.15) is 40.3 Å². The molecule has 9 nitrogen and oxygen atoms in total. The van der Waals surface area contributed by atoms with Gasteiger partial charge in [0.1, 0.15) is 17.1 Å². The standard InChI is InChI=1S/C32H25N7O2/c1-20(36-31(40)28-29-23(10-7-16-34-29)19-35-30(28)33)26-18-22-9-6-8-21(13-14-24-15-17-38(2)37-24)27(22)32(41)39(26)25-11-4-3-5-12-25/h3-12,15-20H,1-2H3,(H2,33,35)(H,36,40)/t20-/m1/s1. The third-order valence-electron chi connectivity index (χ3n) is 6.82. The molecule has 3 N–H and O–H groups in total. The fourth-order valence-corrected chi connectivity index (χ4v) is 4.88. The Morgan fingerprint density at radius 3 is 2.56 bits per heavy atom. The van der Waals surface area contributed by atoms with Gasteiger partial charge in [-0.3, -0.25) is 23.8 Å². The number of anilines is 1. The Labute approximate surface area is 235 Å². The molecule has 0 aliphatic heterocycles. The molecule has 6 aromatic rings. The van der Waals surface area contributed by atoms with Gasteiger partial charge in [0.05, 0.1) is 16.9 Å². The van der Waals surface area contributed by atoms with E-state index < -0.39 is 11.9 Å². The van der Waals surface area contributed by atoms with E-state index in [4.69, 9.17) is 5.73 Å². The Morgan fingerprint density at radius 1 is 0.976 bits per heavy atom. The molecule has 4 heterocycles. The third kappa shape index (κ3) is 4.79. The Bertz CT molecular complexity index is 2070. The summed E-state index contributed by atoms with van der Waals surface area (Å²) in [5, 5.41) is 9.21. The van der Waals surface area contributed by atoms with Crippen molar-refractivity contribution in [1.29, 1.82) is 0 Å². The summed E-state index contributed by atoms with van der Waals surface area (Å²) < 4.78 is 3.29. The summed E-state index contributed by atoms with van der Waals surface area (Å²) in [5.74, 6) is 5.82. The van der Waals surface area contributed by atoms with Crippen LogP contribution in [0.25, 0.3) is 27.4 Å². The molecule has 41 heavy (non-hydrogen) atoms. The molecule has 200 valence electrons. The highest BCUT2D eigenvalue weighted by Gasteiger charge is 2.22. The molecule has 4 aromatic heterocycles. The first-order valence-electron chi connectivity index (χ1n) is 13.0. The normalized spacial score (nSPS) is 11.7. The average molecular weight is 540 g/mol. The summed E-state index contributed by atoms with van der Waals surface area (Å²) in [5.41, 5.74) is 8.98. The number of carbonyl (C=O) groups excluding carboxylic acids is 1. The Balaban J connectivity index is 1.48. The molecule has 0 spiro atoms. The molecule has 0 unspecified atom stereocenters. The minimum atomic E-state index is -0.582. The van der Waals surface area contributed by atoms with Gasteiger partial charge in [-0.1, -0.05) is 36.3 Å². The number of nitrogens with two attached hydrogens (primary N) is 1. The first-order valence-corrected chi connectivity index (χ1v) is 13.0. The molecular formula is C32H25N7O2. The summed E-state index contributed by atoms with van der Waals surface area (Å²) in [7, 11) is 1.82. The van der Waals surface area contributed by atoms with Crippen molar-refractivity contribution >= 4 is 33.4 Å². The number of aromatic nitrogens is 5. The number of hydrogen-bond donors (Lipinski definition) is 2. The van der Waals surface area contributed by atoms with E-state index in [0.29, 0.717) is 44.3 Å². The van der Waals surface area contributed by atoms with Crippen LogP contribution in [0.5, 0.6) is 0 Å². The molecule has 1 atom stereocenters. The van der Waals surface area contributed by atoms with E-state index in [1.165, 1.54) is 0 Å². The van der Waals surface area contributed by atoms with E-state index in [0.717, 1.165) is 0 Å². The number of aryl methyl sites for hydroxylation is 1. The number of fused-ring (bicyclic) bond motifs is 2. The molecule has 0 aliphatic carbocycles. The smallest absolute Gasteiger partial charge is 0.264 e. The van der Waals surface area contributed by atoms with Gasteiger partial charge >= 0.3 is 0 Å². The van der Waals surface area contributed by atoms with E-state index in [1.54, 1.807) is 27.7 Å². The van der Waals surface area contributed by atoms with Gasteiger partial charge in [-0.25, -0.2) is 4.98 Å². The second-order valence-corrected chi connectivity index (χ2v) is 9.59. The molecule has 6 rings (SSSR count). The first-order chi connectivity index (χ1) is 19.9. The molecule has 9 heteroatoms. The quantitative estimate of drug-likeness (QED) is 0.325. The van der Waals surface area contributed by atoms with Gasteiger partial charge < -0.3 is 11.1 Å². The third-order valence-corrected chi connectivity index (χ3v) is 6.82. The number of nitrogens with zero attached hydrogens (tertiary/aromatic N) is 5. The number of benzene rings is 2. The number of amides is 1. The topological polar surface area (TPSA) is 121 Å². The number of hydrogen-bond acceptors (Lipinski definition) is 6. The minimum absolute atomic E-state index is 0.0796. The van der Waals surface area contributed by atoms with Crippen LogP contribution in [0.15, 0.2) is 96.2 Å². The molecule has 0 saturated carbocycles. The number of pyridine rings is 3. The molecule has 1 amide bonds. The van der Waals surface area contributed by atoms with Crippen LogP contribution >= 0.6 is 0 Å². The zero-order chi connectivity index (χ0) is 28.5. The highest BCUT2D eigenvalue weighted by Crippen LogP contribution is 2.25. The van der Waals surface area contributed by atoms with Crippen LogP contribution in [-0.4, -0.2) is 30.2 Å². The van der Waals surface area contributed by atoms with E-state index in [2.05, 4.69) is 32.2 Å². The van der Waals surface area contributed by atoms with Crippen molar-refractivity contribution in [1.82, 2.24) is 29.6 Å². The van der Waals surface area contributed by atoms with Gasteiger partial charge in [0.2, 0.25) is 0 Å². The van der Waals surface area contributed by atoms with Crippen molar-refractivity contribution in [3.63, 3.8) is 0 Å². The molecule has 2 aromatic carbocycles. The first kappa shape index (κ1) is 25.5. The van der Waals surface area contributed by atoms with Crippen molar-refractivity contribution < 1.29 is 4.79 Å². The number of nitrogen functional groups attached to an aromatic ring is 1. The highest BCUT2D eigenvalue weighted by atomic mass is 16.2. The summed E-state index contributed by atoms with van der Waals surface area (Å²) in [6.45, 7) is 1.82. The lowest BCUT2D eigenvalue weighted by atomic mass is 10.0. The monoisotopic (exact) mass is 539 g/mol. The maximum absolute atomic E-state index is 14.2. The van der Waals surface area contributed by atoms with Crippen LogP contribution in [0, 0.1) is 11.8 Å². The van der Waals surface area contributed by atoms with Crippen molar-refractivity contribution in [3.8, 4) is 17.5 Å². The minimum Gasteiger partial charge on any atom is -0.383 e. The predicted octanol–water partition coefficient (Wildman–Crippen LogP) is 4.14. The van der Waals surface area contributed by atoms with E-state index in [1.807, 2.05) is 86.9 Å². The van der Waals surface area contributed by atoms with Crippen molar-refractivity contribution in [2.75, 3.05) is 5.73 Å². The van der Waals surface area contributed by atoms with Gasteiger partial charge in [0.25, 0.3) is 11.5 Å². The summed E-state index contributed by atoms with van der Waals surface area (Å²) in [6, 6.07) is 21.6. The van der Waals surface area contributed by atoms with Crippen LogP contribution in [-0.2, 0) is 7.05 Å². The Kier molecular flexibility index (Phi) is 6.49. The number of carbonyl (C=O) groups is 1. The molecule has 0 radical (unpaired) electrons. The molecule has 0 bridgehead atoms. The lowest BCUT2D eigenvalue weighted by molar-refractivity contribution is 0.0941. The van der Waals surface area contributed by atoms with Crippen LogP contribution in [0.2, 0.25) is 0 Å². The summed E-state index contributed by atoms with van der Waals surface area (Å²) in [6.07, 6.45) is 5.00. The summed E-state index contributed by atoms with van der Waals surface area (Å²) in [4.78, 5) is 36.3. The molecular weight excluding hydrogens is 514 g/mol. The average Bonchev–Trinajstić information content (AvgIpc) is 3.40. The lowest BCUT2D eigenvalue weighted by Gasteiger charge is -2.21. The second-order valence-electron chi connectivity index (χ2n) is 9.59. The van der Waals surface area contributed by atoms with E-state index in [-0.39, 0.29) is 16.9 Å². The maximum atomic E-state index is 14.2. The maximum Gasteiger partial charge on any atom is 0.264 e. The number of rotatable bonds is 4. The highest BCUT2D eigenvalue weighted by molar-refractivity contribution is 6.09. The fourth-order valence-electron chi connectivity index (χ4n) is 4.88. The van der Waals surface area contributed by atoms with Gasteiger partial charge in [-0.05, 0) is 60.7 Å². The van der Waals surface area contributed by atoms with Gasteiger partial charge in [-0.2, -0.15) is 5.10 Å². The van der Waals surface area contributed by atoms with Crippen LogP contribution in [0.3, 0.4) is 0 Å². The fraction of sp³-hybridized carbons (Fsp3) is 0.0938. The van der Waals surface area contributed by atoms with Crippen molar-refractivity contribution in [2.45, 2.75) is 13.0 Å². The Morgan fingerprint density at radius 2 is 1.78 bits per heavy atom. The van der Waals surface area contributed by atoms with E-state index >= 15 is 0 Å². The largest absolute Gasteiger partial charge is 0.383 e. The molecule has 0 aliphatic rings. The molecule has 0 fully saturated rings. The van der Waals surface area contributed by atoms with Gasteiger partial charge in [0, 0.05) is 48.0 Å². The Hall–Kier alpha value is -5.75. The number of para-hydroxylation sites is 1. The van der Waals surface area contributed by atoms with E-state index in [9.17, 15) is 9.59 Å². The second kappa shape index (κ2) is 10.4. The van der Waals surface area contributed by atoms with Gasteiger partial charge in [0.15, 0.2) is 0 Å². The van der Waals surface area contributed by atoms with Crippen molar-refractivity contribution in [3.05, 3.63) is 124 Å². The van der Waals surface area contributed by atoms with Crippen LogP contribution in [0.4, 0.5) is 5.82 Å². The lowest BCUT2D eigenvalue weighted by Crippen LogP contribution is -2.33. The zero-order valence-corrected chi connectivity index (χ0v) is 22.4. The molecule has 0 saturated heterocycles. The van der Waals surface area contributed by atoms with Crippen molar-refractivity contribution in [2.24, 2.45) is 7.05 Å². The predicted molar refractivity (Wildman–Crippen MR) is 159 cm³/mol. The summed E-state index contributed by atoms with van der Waals surface area (Å²) >= 11 is 0. The number of nitrogens with one attached hydrogen (secondary N) is 1. The van der Waals surface area contributed by atoms with Gasteiger partial charge in [-0.15, -0.1) is 0 Å².